The second kappa shape index (κ2) is 6.78. The molecule has 0 spiro atoms. The molecule has 116 valence electrons. The smallest absolute Gasteiger partial charge is 0.343 e. The molecule has 0 aromatic heterocycles. The van der Waals surface area contributed by atoms with Gasteiger partial charge in [0, 0.05) is 19.5 Å². The first-order valence-electron chi connectivity index (χ1n) is 7.52. The number of amides is 1. The summed E-state index contributed by atoms with van der Waals surface area (Å²) in [5, 5.41) is 3.28. The molecule has 2 aliphatic rings. The molecule has 3 nitrogen and oxygen atoms in total. The molecule has 0 atom stereocenters. The molecule has 1 amide bonds. The van der Waals surface area contributed by atoms with E-state index in [-0.39, 0.29) is 31.8 Å². The molecular formula is C14H23F3N2O. The summed E-state index contributed by atoms with van der Waals surface area (Å²) < 4.78 is 37.7. The van der Waals surface area contributed by atoms with E-state index in [1.165, 1.54) is 0 Å². The Bertz CT molecular complexity index is 319. The fraction of sp³-hybridized carbons (Fsp3) is 0.929. The number of nitrogens with one attached hydrogen (secondary N) is 1. The van der Waals surface area contributed by atoms with Gasteiger partial charge in [0.1, 0.15) is 0 Å². The first-order chi connectivity index (χ1) is 9.47. The van der Waals surface area contributed by atoms with Gasteiger partial charge in [-0.2, -0.15) is 13.2 Å². The average Bonchev–Trinajstić information content (AvgIpc) is 2.45. The van der Waals surface area contributed by atoms with E-state index < -0.39 is 12.1 Å². The molecule has 2 fully saturated rings. The van der Waals surface area contributed by atoms with Crippen molar-refractivity contribution < 1.29 is 18.0 Å². The SMILES string of the molecule is O=C(CCC1CCNCC1)N1CCC(C(F)(F)F)CC1. The summed E-state index contributed by atoms with van der Waals surface area (Å²) in [5.74, 6) is -0.604. The highest BCUT2D eigenvalue weighted by Gasteiger charge is 2.41. The van der Waals surface area contributed by atoms with Gasteiger partial charge in [-0.25, -0.2) is 0 Å². The lowest BCUT2D eigenvalue weighted by atomic mass is 9.92. The van der Waals surface area contributed by atoms with Gasteiger partial charge in [-0.3, -0.25) is 4.79 Å². The van der Waals surface area contributed by atoms with E-state index in [2.05, 4.69) is 5.32 Å². The predicted octanol–water partition coefficient (Wildman–Crippen LogP) is 2.57. The normalized spacial score (nSPS) is 23.1. The quantitative estimate of drug-likeness (QED) is 0.867. The van der Waals surface area contributed by atoms with Crippen LogP contribution in [0.2, 0.25) is 0 Å². The summed E-state index contributed by atoms with van der Waals surface area (Å²) in [6.45, 7) is 2.54. The summed E-state index contributed by atoms with van der Waals surface area (Å²) in [4.78, 5) is 13.6. The third kappa shape index (κ3) is 4.36. The number of hydrogen-bond acceptors (Lipinski definition) is 2. The van der Waals surface area contributed by atoms with Crippen LogP contribution < -0.4 is 5.32 Å². The predicted molar refractivity (Wildman–Crippen MR) is 70.2 cm³/mol. The molecule has 2 aliphatic heterocycles. The standard InChI is InChI=1S/C14H23F3N2O/c15-14(16,17)12-5-9-19(10-6-12)13(20)2-1-11-3-7-18-8-4-11/h11-12,18H,1-10H2. The number of carbonyl (C=O) groups is 1. The molecule has 2 rings (SSSR count). The van der Waals surface area contributed by atoms with Crippen LogP contribution in [0.4, 0.5) is 13.2 Å². The maximum absolute atomic E-state index is 12.6. The molecule has 20 heavy (non-hydrogen) atoms. The van der Waals surface area contributed by atoms with E-state index in [1.807, 2.05) is 0 Å². The molecule has 1 N–H and O–H groups in total. The summed E-state index contributed by atoms with van der Waals surface area (Å²) in [6, 6.07) is 0. The minimum atomic E-state index is -4.11. The van der Waals surface area contributed by atoms with E-state index >= 15 is 0 Å². The minimum absolute atomic E-state index is 0.0316. The Labute approximate surface area is 117 Å². The first-order valence-corrected chi connectivity index (χ1v) is 7.52. The van der Waals surface area contributed by atoms with Crippen molar-refractivity contribution in [2.75, 3.05) is 26.2 Å². The van der Waals surface area contributed by atoms with E-state index in [9.17, 15) is 18.0 Å². The lowest BCUT2D eigenvalue weighted by Gasteiger charge is -2.33. The minimum Gasteiger partial charge on any atom is -0.343 e. The highest BCUT2D eigenvalue weighted by molar-refractivity contribution is 5.76. The Hall–Kier alpha value is -0.780. The van der Waals surface area contributed by atoms with Crippen LogP contribution in [0, 0.1) is 11.8 Å². The molecule has 0 aromatic rings. The molecule has 0 unspecified atom stereocenters. The van der Waals surface area contributed by atoms with Gasteiger partial charge < -0.3 is 10.2 Å². The van der Waals surface area contributed by atoms with Gasteiger partial charge in [0.2, 0.25) is 5.91 Å². The number of piperidine rings is 2. The van der Waals surface area contributed by atoms with Crippen molar-refractivity contribution in [2.45, 2.75) is 44.7 Å². The highest BCUT2D eigenvalue weighted by atomic mass is 19.4. The Kier molecular flexibility index (Phi) is 5.29. The zero-order valence-electron chi connectivity index (χ0n) is 11.7. The van der Waals surface area contributed by atoms with E-state index in [4.69, 9.17) is 0 Å². The zero-order valence-corrected chi connectivity index (χ0v) is 11.7. The van der Waals surface area contributed by atoms with Gasteiger partial charge in [-0.15, -0.1) is 0 Å². The summed E-state index contributed by atoms with van der Waals surface area (Å²) in [5.41, 5.74) is 0. The molecule has 0 aliphatic carbocycles. The summed E-state index contributed by atoms with van der Waals surface area (Å²) in [7, 11) is 0. The molecule has 0 aromatic carbocycles. The van der Waals surface area contributed by atoms with E-state index in [0.29, 0.717) is 12.3 Å². The van der Waals surface area contributed by atoms with Gasteiger partial charge in [0.05, 0.1) is 5.92 Å². The lowest BCUT2D eigenvalue weighted by molar-refractivity contribution is -0.186. The van der Waals surface area contributed by atoms with Crippen LogP contribution in [0.5, 0.6) is 0 Å². The van der Waals surface area contributed by atoms with Crippen molar-refractivity contribution >= 4 is 5.91 Å². The second-order valence-corrected chi connectivity index (χ2v) is 5.93. The Morgan fingerprint density at radius 2 is 1.70 bits per heavy atom. The number of hydrogen-bond donors (Lipinski definition) is 1. The Morgan fingerprint density at radius 1 is 1.10 bits per heavy atom. The number of carbonyl (C=O) groups excluding carboxylic acids is 1. The van der Waals surface area contributed by atoms with Gasteiger partial charge in [0.25, 0.3) is 0 Å². The first kappa shape index (κ1) is 15.6. The zero-order chi connectivity index (χ0) is 14.6. The van der Waals surface area contributed by atoms with Crippen LogP contribution in [-0.4, -0.2) is 43.2 Å². The van der Waals surface area contributed by atoms with Crippen LogP contribution in [0.3, 0.4) is 0 Å². The van der Waals surface area contributed by atoms with Crippen LogP contribution in [-0.2, 0) is 4.79 Å². The number of rotatable bonds is 3. The average molecular weight is 292 g/mol. The Balaban J connectivity index is 1.69. The molecule has 0 bridgehead atoms. The van der Waals surface area contributed by atoms with Crippen molar-refractivity contribution in [1.82, 2.24) is 10.2 Å². The lowest BCUT2D eigenvalue weighted by Crippen LogP contribution is -2.42. The van der Waals surface area contributed by atoms with Crippen LogP contribution in [0.15, 0.2) is 0 Å². The van der Waals surface area contributed by atoms with E-state index in [1.54, 1.807) is 4.90 Å². The fourth-order valence-electron chi connectivity index (χ4n) is 3.11. The fourth-order valence-corrected chi connectivity index (χ4v) is 3.11. The van der Waals surface area contributed by atoms with E-state index in [0.717, 1.165) is 32.4 Å². The maximum atomic E-state index is 12.6. The van der Waals surface area contributed by atoms with Crippen LogP contribution in [0.25, 0.3) is 0 Å². The monoisotopic (exact) mass is 292 g/mol. The topological polar surface area (TPSA) is 32.3 Å². The summed E-state index contributed by atoms with van der Waals surface area (Å²) in [6.07, 6.45) is -0.427. The van der Waals surface area contributed by atoms with Gasteiger partial charge >= 0.3 is 6.18 Å². The highest BCUT2D eigenvalue weighted by Crippen LogP contribution is 2.34. The van der Waals surface area contributed by atoms with Gasteiger partial charge in [-0.1, -0.05) is 0 Å². The number of nitrogens with zero attached hydrogens (tertiary/aromatic N) is 1. The summed E-state index contributed by atoms with van der Waals surface area (Å²) >= 11 is 0. The maximum Gasteiger partial charge on any atom is 0.391 e. The molecule has 0 saturated carbocycles. The molecular weight excluding hydrogens is 269 g/mol. The third-order valence-corrected chi connectivity index (χ3v) is 4.54. The largest absolute Gasteiger partial charge is 0.391 e. The molecule has 0 radical (unpaired) electrons. The van der Waals surface area contributed by atoms with Crippen LogP contribution >= 0.6 is 0 Å². The third-order valence-electron chi connectivity index (χ3n) is 4.54. The molecule has 6 heteroatoms. The van der Waals surface area contributed by atoms with Crippen molar-refractivity contribution in [1.29, 1.82) is 0 Å². The molecule has 2 heterocycles. The van der Waals surface area contributed by atoms with Crippen molar-refractivity contribution in [3.8, 4) is 0 Å². The van der Waals surface area contributed by atoms with Crippen LogP contribution in [0.1, 0.15) is 38.5 Å². The number of halogens is 3. The molecule has 2 saturated heterocycles. The van der Waals surface area contributed by atoms with Crippen molar-refractivity contribution in [2.24, 2.45) is 11.8 Å². The van der Waals surface area contributed by atoms with Crippen molar-refractivity contribution in [3.05, 3.63) is 0 Å². The Morgan fingerprint density at radius 3 is 2.25 bits per heavy atom. The van der Waals surface area contributed by atoms with Crippen molar-refractivity contribution in [3.63, 3.8) is 0 Å². The number of likely N-dealkylation sites (tertiary alicyclic amines) is 1. The van der Waals surface area contributed by atoms with Gasteiger partial charge in [-0.05, 0) is 51.1 Å². The van der Waals surface area contributed by atoms with Gasteiger partial charge in [0.15, 0.2) is 0 Å². The second-order valence-electron chi connectivity index (χ2n) is 5.93. The number of alkyl halides is 3.